The van der Waals surface area contributed by atoms with Gasteiger partial charge in [0, 0.05) is 0 Å². The van der Waals surface area contributed by atoms with E-state index >= 15 is 0 Å². The van der Waals surface area contributed by atoms with Gasteiger partial charge in [-0.05, 0) is 26.4 Å². The first-order chi connectivity index (χ1) is 5.67. The first-order valence-electron chi connectivity index (χ1n) is 3.93. The first kappa shape index (κ1) is 22.6. The summed E-state index contributed by atoms with van der Waals surface area (Å²) < 4.78 is 0. The van der Waals surface area contributed by atoms with Gasteiger partial charge >= 0.3 is 0 Å². The van der Waals surface area contributed by atoms with Crippen molar-refractivity contribution in [1.82, 2.24) is 0 Å². The van der Waals surface area contributed by atoms with Crippen molar-refractivity contribution in [1.29, 1.82) is 0 Å². The normalized spacial score (nSPS) is 17.8. The van der Waals surface area contributed by atoms with Gasteiger partial charge in [0.05, 0.1) is 0 Å². The van der Waals surface area contributed by atoms with Crippen molar-refractivity contribution >= 4 is 66.9 Å². The van der Waals surface area contributed by atoms with E-state index in [0.717, 1.165) is 21.6 Å². The third-order valence-electron chi connectivity index (χ3n) is 1.62. The van der Waals surface area contributed by atoms with Crippen LogP contribution in [0.4, 0.5) is 0 Å². The zero-order chi connectivity index (χ0) is 9.56. The van der Waals surface area contributed by atoms with Crippen LogP contribution in [-0.4, -0.2) is 5.66 Å². The Kier molecular flexibility index (Phi) is 23.4. The molecule has 0 saturated carbocycles. The molecular weight excluding hydrogens is 320 g/mol. The van der Waals surface area contributed by atoms with Crippen molar-refractivity contribution in [2.24, 2.45) is 0 Å². The third-order valence-corrected chi connectivity index (χ3v) is 34.2. The molecule has 0 aromatic heterocycles. The zero-order valence-corrected chi connectivity index (χ0v) is 17.0. The summed E-state index contributed by atoms with van der Waals surface area (Å²) in [6, 6.07) is 0. The van der Waals surface area contributed by atoms with E-state index in [1.807, 2.05) is 0 Å². The Bertz CT molecular complexity index is 110. The fraction of sp³-hybridized carbons (Fsp3) is 1.00. The van der Waals surface area contributed by atoms with Crippen LogP contribution in [0, 0.1) is 0 Å². The molecule has 0 aliphatic heterocycles. The maximum atomic E-state index is 3.09. The summed E-state index contributed by atoms with van der Waals surface area (Å²) in [5.41, 5.74) is 0.984. The molecule has 8 heteroatoms. The van der Waals surface area contributed by atoms with E-state index in [1.165, 1.54) is 12.8 Å². The fourth-order valence-corrected chi connectivity index (χ4v) is 35.8. The zero-order valence-electron chi connectivity index (χ0n) is 8.33. The molecule has 0 fully saturated rings. The molecule has 14 heavy (non-hydrogen) atoms. The van der Waals surface area contributed by atoms with Crippen LogP contribution in [0.2, 0.25) is 0 Å². The molecule has 0 bridgehead atoms. The Labute approximate surface area is 107 Å². The minimum atomic E-state index is 0. The predicted molar refractivity (Wildman–Crippen MR) is 102 cm³/mol. The lowest BCUT2D eigenvalue weighted by atomic mass is 10.3. The molecule has 0 nitrogen and oxygen atoms in total. The third kappa shape index (κ3) is 9.47. The lowest BCUT2D eigenvalue weighted by Gasteiger charge is -2.27. The van der Waals surface area contributed by atoms with Gasteiger partial charge in [-0.2, -0.15) is 9.90 Å². The lowest BCUT2D eigenvalue weighted by Crippen LogP contribution is -1.92. The van der Waals surface area contributed by atoms with Gasteiger partial charge in [-0.3, -0.25) is 0 Å². The van der Waals surface area contributed by atoms with Gasteiger partial charge in [0.25, 0.3) is 0 Å². The molecule has 9 unspecified atom stereocenters. The Balaban J connectivity index is -0.000000605. The SMILES string of the molecule is C.CCCC(C)P(PP)P(P)PP.P. The molecule has 9 atom stereocenters. The van der Waals surface area contributed by atoms with E-state index in [2.05, 4.69) is 40.6 Å². The highest BCUT2D eigenvalue weighted by Gasteiger charge is 2.19. The molecule has 0 saturated heterocycles. The molecule has 0 aliphatic carbocycles. The number of hydrogen-bond donors (Lipinski definition) is 0. The van der Waals surface area contributed by atoms with Crippen molar-refractivity contribution in [2.75, 3.05) is 0 Å². The summed E-state index contributed by atoms with van der Waals surface area (Å²) in [6.07, 6.45) is 2.78. The Morgan fingerprint density at radius 2 is 1.79 bits per heavy atom. The van der Waals surface area contributed by atoms with E-state index in [-0.39, 0.29) is 24.3 Å². The van der Waals surface area contributed by atoms with Crippen LogP contribution in [0.25, 0.3) is 0 Å². The summed E-state index contributed by atoms with van der Waals surface area (Å²) in [7, 11) is 11.5. The van der Waals surface area contributed by atoms with Crippen molar-refractivity contribution in [3.8, 4) is 0 Å². The molecule has 0 N–H and O–H groups in total. The second-order valence-electron chi connectivity index (χ2n) is 2.59. The topological polar surface area (TPSA) is 0 Å². The van der Waals surface area contributed by atoms with Gasteiger partial charge in [-0.1, -0.05) is 43.6 Å². The van der Waals surface area contributed by atoms with Gasteiger partial charge in [0.2, 0.25) is 0 Å². The van der Waals surface area contributed by atoms with Crippen LogP contribution in [0.15, 0.2) is 0 Å². The van der Waals surface area contributed by atoms with E-state index in [4.69, 9.17) is 0 Å². The van der Waals surface area contributed by atoms with Crippen molar-refractivity contribution in [3.05, 3.63) is 0 Å². The van der Waals surface area contributed by atoms with Crippen LogP contribution in [0.1, 0.15) is 34.1 Å². The maximum Gasteiger partial charge on any atom is -0.0154 e. The average molecular weight is 346 g/mol. The van der Waals surface area contributed by atoms with Crippen LogP contribution < -0.4 is 0 Å². The van der Waals surface area contributed by atoms with E-state index in [1.54, 1.807) is 0 Å². The highest BCUT2D eigenvalue weighted by atomic mass is 33.0. The lowest BCUT2D eigenvalue weighted by molar-refractivity contribution is 0.785. The largest absolute Gasteiger partial charge is 0.153 e. The molecule has 0 aliphatic rings. The van der Waals surface area contributed by atoms with Gasteiger partial charge in [0.1, 0.15) is 0 Å². The van der Waals surface area contributed by atoms with E-state index in [9.17, 15) is 0 Å². The van der Waals surface area contributed by atoms with Crippen LogP contribution in [0.5, 0.6) is 0 Å². The first-order valence-corrected chi connectivity index (χ1v) is 16.3. The van der Waals surface area contributed by atoms with Crippen LogP contribution in [0.3, 0.4) is 0 Å². The van der Waals surface area contributed by atoms with E-state index < -0.39 is 0 Å². The minimum absolute atomic E-state index is 0. The van der Waals surface area contributed by atoms with Gasteiger partial charge in [-0.15, -0.1) is 26.8 Å². The highest BCUT2D eigenvalue weighted by Crippen LogP contribution is 2.94. The minimum Gasteiger partial charge on any atom is -0.153 e. The van der Waals surface area contributed by atoms with Crippen molar-refractivity contribution in [2.45, 2.75) is 39.8 Å². The molecule has 0 amide bonds. The average Bonchev–Trinajstić information content (AvgIpc) is 2.06. The molecule has 0 rings (SSSR count). The summed E-state index contributed by atoms with van der Waals surface area (Å²) in [5.74, 6) is 0. The standard InChI is InChI=1S/C5H19P7.CH4.H3P/c1-3-4-5(2)11(9-6)12(8)10-7;;/h5,9-10H,3-4,6-8H2,1-2H3;1H4;1H3. The molecular formula is C6H26P8. The van der Waals surface area contributed by atoms with Crippen LogP contribution in [-0.2, 0) is 0 Å². The van der Waals surface area contributed by atoms with Gasteiger partial charge in [-0.25, -0.2) is 0 Å². The van der Waals surface area contributed by atoms with Crippen LogP contribution >= 0.6 is 66.9 Å². The Morgan fingerprint density at radius 3 is 2.07 bits per heavy atom. The highest BCUT2D eigenvalue weighted by molar-refractivity contribution is 8.93. The molecule has 0 aromatic rings. The monoisotopic (exact) mass is 346 g/mol. The van der Waals surface area contributed by atoms with Crippen molar-refractivity contribution < 1.29 is 0 Å². The summed E-state index contributed by atoms with van der Waals surface area (Å²) in [6.45, 7) is 5.01. The quantitative estimate of drug-likeness (QED) is 0.495. The van der Waals surface area contributed by atoms with Gasteiger partial charge < -0.3 is 0 Å². The maximum absolute atomic E-state index is 3.09. The molecule has 0 heterocycles. The van der Waals surface area contributed by atoms with Gasteiger partial charge in [0.15, 0.2) is 0 Å². The molecule has 0 spiro atoms. The molecule has 0 aromatic carbocycles. The van der Waals surface area contributed by atoms with Crippen molar-refractivity contribution in [3.63, 3.8) is 0 Å². The number of rotatable bonds is 6. The second kappa shape index (κ2) is 14.5. The smallest absolute Gasteiger partial charge is 0.0154 e. The number of hydrogen-bond acceptors (Lipinski definition) is 0. The Hall–Kier alpha value is 3.44. The molecule has 90 valence electrons. The second-order valence-corrected chi connectivity index (χ2v) is 23.7. The summed E-state index contributed by atoms with van der Waals surface area (Å²) in [5, 5.41) is 0. The van der Waals surface area contributed by atoms with E-state index in [0.29, 0.717) is 7.30 Å². The Morgan fingerprint density at radius 1 is 1.29 bits per heavy atom. The molecule has 0 radical (unpaired) electrons. The predicted octanol–water partition coefficient (Wildman–Crippen LogP) is 6.31. The summed E-state index contributed by atoms with van der Waals surface area (Å²) in [4.78, 5) is 0. The summed E-state index contributed by atoms with van der Waals surface area (Å²) >= 11 is 0. The fourth-order valence-electron chi connectivity index (χ4n) is 1.00.